The van der Waals surface area contributed by atoms with Gasteiger partial charge in [0.25, 0.3) is 0 Å². The van der Waals surface area contributed by atoms with Crippen molar-refractivity contribution in [3.05, 3.63) is 16.6 Å². The van der Waals surface area contributed by atoms with Crippen molar-refractivity contribution in [1.29, 1.82) is 0 Å². The number of alkyl halides is 1. The van der Waals surface area contributed by atoms with Crippen LogP contribution in [0.15, 0.2) is 10.8 Å². The average Bonchev–Trinajstić information content (AvgIpc) is 2.60. The van der Waals surface area contributed by atoms with Crippen LogP contribution in [0.4, 0.5) is 0 Å². The lowest BCUT2D eigenvalue weighted by Gasteiger charge is -2.25. The third-order valence-corrected chi connectivity index (χ3v) is 3.37. The Hall–Kier alpha value is -0.550. The van der Waals surface area contributed by atoms with E-state index in [1.165, 1.54) is 0 Å². The molecule has 1 amide bonds. The van der Waals surface area contributed by atoms with Crippen LogP contribution in [0.1, 0.15) is 12.2 Å². The monoisotopic (exact) mass is 291 g/mol. The zero-order valence-corrected chi connectivity index (χ0v) is 10.4. The zero-order valence-electron chi connectivity index (χ0n) is 8.04. The molecule has 0 bridgehead atoms. The number of amides is 1. The van der Waals surface area contributed by atoms with Crippen LogP contribution in [0, 0.1) is 0 Å². The molecule has 1 aliphatic rings. The van der Waals surface area contributed by atoms with Crippen LogP contribution in [0.3, 0.4) is 0 Å². The molecule has 1 atom stereocenters. The number of nitrogens with zero attached hydrogens (tertiary/aromatic N) is 2. The lowest BCUT2D eigenvalue weighted by atomic mass is 10.1. The molecule has 0 radical (unpaired) electrons. The third-order valence-electron chi connectivity index (χ3n) is 2.50. The normalized spacial score (nSPS) is 19.7. The highest BCUT2D eigenvalue weighted by Gasteiger charge is 2.21. The van der Waals surface area contributed by atoms with Crippen molar-refractivity contribution in [1.82, 2.24) is 14.9 Å². The van der Waals surface area contributed by atoms with Gasteiger partial charge in [0.2, 0.25) is 5.91 Å². The summed E-state index contributed by atoms with van der Waals surface area (Å²) in [7, 11) is 0. The molecule has 2 rings (SSSR count). The van der Waals surface area contributed by atoms with Crippen LogP contribution in [-0.4, -0.2) is 27.4 Å². The average molecular weight is 293 g/mol. The number of rotatable bonds is 2. The second-order valence-electron chi connectivity index (χ2n) is 3.54. The molecule has 6 heteroatoms. The summed E-state index contributed by atoms with van der Waals surface area (Å²) in [6, 6.07) is 0.161. The van der Waals surface area contributed by atoms with Gasteiger partial charge in [-0.15, -0.1) is 11.6 Å². The molecule has 1 N–H and O–H groups in total. The van der Waals surface area contributed by atoms with E-state index in [1.54, 1.807) is 6.20 Å². The van der Waals surface area contributed by atoms with Gasteiger partial charge in [-0.3, -0.25) is 4.79 Å². The topological polar surface area (TPSA) is 46.9 Å². The van der Waals surface area contributed by atoms with Crippen molar-refractivity contribution >= 4 is 33.4 Å². The minimum Gasteiger partial charge on any atom is -0.351 e. The number of fused-ring (bicyclic) bond motifs is 1. The summed E-state index contributed by atoms with van der Waals surface area (Å²) in [5.41, 5.74) is 0. The number of carbonyl (C=O) groups excluding carboxylic acids is 1. The van der Waals surface area contributed by atoms with E-state index in [9.17, 15) is 4.79 Å². The Kier molecular flexibility index (Phi) is 3.31. The lowest BCUT2D eigenvalue weighted by Crippen LogP contribution is -2.41. The van der Waals surface area contributed by atoms with Crippen molar-refractivity contribution in [3.8, 4) is 0 Å². The molecule has 1 aromatic rings. The van der Waals surface area contributed by atoms with Crippen LogP contribution in [0.25, 0.3) is 0 Å². The first-order valence-electron chi connectivity index (χ1n) is 4.76. The molecule has 4 nitrogen and oxygen atoms in total. The summed E-state index contributed by atoms with van der Waals surface area (Å²) >= 11 is 8.87. The van der Waals surface area contributed by atoms with Crippen molar-refractivity contribution in [2.45, 2.75) is 25.4 Å². The summed E-state index contributed by atoms with van der Waals surface area (Å²) in [6.07, 6.45) is 3.60. The van der Waals surface area contributed by atoms with E-state index in [0.29, 0.717) is 0 Å². The predicted octanol–water partition coefficient (Wildman–Crippen LogP) is 1.32. The van der Waals surface area contributed by atoms with Gasteiger partial charge in [0.05, 0.1) is 6.20 Å². The Morgan fingerprint density at radius 2 is 2.60 bits per heavy atom. The number of hydrogen-bond acceptors (Lipinski definition) is 2. The van der Waals surface area contributed by atoms with Crippen LogP contribution in [0.5, 0.6) is 0 Å². The van der Waals surface area contributed by atoms with E-state index in [4.69, 9.17) is 11.6 Å². The van der Waals surface area contributed by atoms with Gasteiger partial charge < -0.3 is 9.88 Å². The molecule has 0 saturated heterocycles. The molecule has 0 spiro atoms. The summed E-state index contributed by atoms with van der Waals surface area (Å²) in [5.74, 6) is 0.980. The summed E-state index contributed by atoms with van der Waals surface area (Å²) in [5, 5.41) is 2.89. The highest BCUT2D eigenvalue weighted by Crippen LogP contribution is 2.20. The Balaban J connectivity index is 2.05. The van der Waals surface area contributed by atoms with Gasteiger partial charge in [0, 0.05) is 19.0 Å². The van der Waals surface area contributed by atoms with Crippen molar-refractivity contribution < 1.29 is 4.79 Å². The van der Waals surface area contributed by atoms with E-state index >= 15 is 0 Å². The van der Waals surface area contributed by atoms with Gasteiger partial charge in [-0.05, 0) is 22.4 Å². The molecule has 2 heterocycles. The lowest BCUT2D eigenvalue weighted by molar-refractivity contribution is -0.119. The van der Waals surface area contributed by atoms with Gasteiger partial charge in [-0.1, -0.05) is 0 Å². The van der Waals surface area contributed by atoms with E-state index in [-0.39, 0.29) is 17.8 Å². The first-order chi connectivity index (χ1) is 7.20. The summed E-state index contributed by atoms with van der Waals surface area (Å²) in [4.78, 5) is 15.4. The minimum atomic E-state index is -0.110. The van der Waals surface area contributed by atoms with Gasteiger partial charge in [0.15, 0.2) is 0 Å². The highest BCUT2D eigenvalue weighted by atomic mass is 79.9. The fourth-order valence-electron chi connectivity index (χ4n) is 1.78. The van der Waals surface area contributed by atoms with Crippen LogP contribution < -0.4 is 5.32 Å². The molecular formula is C9H11BrClN3O. The van der Waals surface area contributed by atoms with Crippen LogP contribution >= 0.6 is 27.5 Å². The number of imidazole rings is 1. The number of nitrogens with one attached hydrogen (secondary N) is 1. The quantitative estimate of drug-likeness (QED) is 0.836. The molecule has 82 valence electrons. The molecule has 0 saturated carbocycles. The molecule has 0 aromatic carbocycles. The second kappa shape index (κ2) is 4.53. The first-order valence-corrected chi connectivity index (χ1v) is 6.08. The number of hydrogen-bond donors (Lipinski definition) is 1. The van der Waals surface area contributed by atoms with Gasteiger partial charge in [-0.25, -0.2) is 4.98 Å². The maximum atomic E-state index is 11.1. The van der Waals surface area contributed by atoms with E-state index < -0.39 is 0 Å². The van der Waals surface area contributed by atoms with Crippen LogP contribution in [0.2, 0.25) is 0 Å². The number of aryl methyl sites for hydroxylation is 1. The largest absolute Gasteiger partial charge is 0.351 e. The summed E-state index contributed by atoms with van der Waals surface area (Å²) in [6.45, 7) is 0.762. The molecule has 0 fully saturated rings. The van der Waals surface area contributed by atoms with E-state index in [2.05, 4.69) is 30.8 Å². The van der Waals surface area contributed by atoms with Crippen molar-refractivity contribution in [3.63, 3.8) is 0 Å². The molecule has 1 aliphatic heterocycles. The van der Waals surface area contributed by atoms with Gasteiger partial charge >= 0.3 is 0 Å². The smallest absolute Gasteiger partial charge is 0.235 e. The summed E-state index contributed by atoms with van der Waals surface area (Å²) < 4.78 is 3.03. The van der Waals surface area contributed by atoms with Crippen molar-refractivity contribution in [2.24, 2.45) is 0 Å². The van der Waals surface area contributed by atoms with Crippen LogP contribution in [-0.2, 0) is 17.8 Å². The first kappa shape index (κ1) is 11.0. The van der Waals surface area contributed by atoms with E-state index in [1.807, 2.05) is 0 Å². The predicted molar refractivity (Wildman–Crippen MR) is 60.9 cm³/mol. The van der Waals surface area contributed by atoms with Crippen molar-refractivity contribution in [2.75, 3.05) is 5.88 Å². The standard InChI is InChI=1S/C9H11BrClN3O/c10-7-4-12-8-2-1-6(5-14(7)8)13-9(15)3-11/h4,6H,1-3,5H2,(H,13,15). The Bertz CT molecular complexity index is 379. The van der Waals surface area contributed by atoms with E-state index in [0.717, 1.165) is 29.8 Å². The molecule has 15 heavy (non-hydrogen) atoms. The highest BCUT2D eigenvalue weighted by molar-refractivity contribution is 9.10. The Morgan fingerprint density at radius 1 is 1.80 bits per heavy atom. The molecular weight excluding hydrogens is 281 g/mol. The maximum absolute atomic E-state index is 11.1. The fourth-order valence-corrected chi connectivity index (χ4v) is 2.31. The Labute approximate surface area is 101 Å². The zero-order chi connectivity index (χ0) is 10.8. The molecule has 0 aliphatic carbocycles. The fraction of sp³-hybridized carbons (Fsp3) is 0.556. The molecule has 1 aromatic heterocycles. The van der Waals surface area contributed by atoms with Gasteiger partial charge in [0.1, 0.15) is 16.3 Å². The Morgan fingerprint density at radius 3 is 3.33 bits per heavy atom. The SMILES string of the molecule is O=C(CCl)NC1CCc2ncc(Br)n2C1. The number of carbonyl (C=O) groups is 1. The van der Waals surface area contributed by atoms with Gasteiger partial charge in [-0.2, -0.15) is 0 Å². The minimum absolute atomic E-state index is 0.0223. The number of halogens is 2. The molecule has 1 unspecified atom stereocenters. The maximum Gasteiger partial charge on any atom is 0.235 e. The number of aromatic nitrogens is 2. The second-order valence-corrected chi connectivity index (χ2v) is 4.62. The third kappa shape index (κ3) is 2.34.